The zero-order valence-electron chi connectivity index (χ0n) is 14.5. The number of aryl methyl sites for hydroxylation is 2. The lowest BCUT2D eigenvalue weighted by Gasteiger charge is -2.30. The van der Waals surface area contributed by atoms with Crippen molar-refractivity contribution in [1.29, 1.82) is 0 Å². The van der Waals surface area contributed by atoms with Crippen molar-refractivity contribution in [2.75, 3.05) is 18.8 Å². The predicted molar refractivity (Wildman–Crippen MR) is 96.5 cm³/mol. The van der Waals surface area contributed by atoms with E-state index in [0.717, 1.165) is 30.4 Å². The van der Waals surface area contributed by atoms with Crippen LogP contribution in [0.5, 0.6) is 0 Å². The monoisotopic (exact) mass is 344 g/mol. The van der Waals surface area contributed by atoms with Gasteiger partial charge < -0.3 is 4.90 Å². The van der Waals surface area contributed by atoms with E-state index in [9.17, 15) is 4.79 Å². The highest BCUT2D eigenvalue weighted by atomic mass is 32.2. The molecule has 2 aromatic rings. The van der Waals surface area contributed by atoms with E-state index < -0.39 is 0 Å². The summed E-state index contributed by atoms with van der Waals surface area (Å²) < 4.78 is 1.96. The fourth-order valence-corrected chi connectivity index (χ4v) is 4.02. The van der Waals surface area contributed by atoms with Crippen molar-refractivity contribution < 1.29 is 4.79 Å². The van der Waals surface area contributed by atoms with E-state index in [1.165, 1.54) is 29.3 Å². The number of thioether (sulfide) groups is 1. The third-order valence-corrected chi connectivity index (χ3v) is 5.39. The topological polar surface area (TPSA) is 51.0 Å². The van der Waals surface area contributed by atoms with Crippen LogP contribution in [0.25, 0.3) is 5.69 Å². The number of benzene rings is 1. The summed E-state index contributed by atoms with van der Waals surface area (Å²) in [5, 5.41) is 8.99. The maximum absolute atomic E-state index is 12.4. The molecule has 1 amide bonds. The first kappa shape index (κ1) is 17.0. The van der Waals surface area contributed by atoms with Gasteiger partial charge in [-0.15, -0.1) is 10.2 Å². The fourth-order valence-electron chi connectivity index (χ4n) is 3.20. The van der Waals surface area contributed by atoms with E-state index in [-0.39, 0.29) is 5.91 Å². The standard InChI is InChI=1S/C18H24N4OS/c1-13-6-7-16(15(3)9-13)22-12-19-20-18(22)24-11-17(23)21-8-4-5-14(2)10-21/h6-7,9,12,14H,4-5,8,10-11H2,1-3H3. The third kappa shape index (κ3) is 3.80. The number of nitrogens with zero attached hydrogens (tertiary/aromatic N) is 4. The second kappa shape index (κ2) is 7.38. The number of rotatable bonds is 4. The van der Waals surface area contributed by atoms with Crippen molar-refractivity contribution in [2.24, 2.45) is 5.92 Å². The lowest BCUT2D eigenvalue weighted by Crippen LogP contribution is -2.40. The van der Waals surface area contributed by atoms with Gasteiger partial charge in [-0.1, -0.05) is 36.4 Å². The zero-order chi connectivity index (χ0) is 17.1. The molecule has 1 aliphatic heterocycles. The molecule has 0 N–H and O–H groups in total. The summed E-state index contributed by atoms with van der Waals surface area (Å²) in [7, 11) is 0. The molecule has 0 aliphatic carbocycles. The fraction of sp³-hybridized carbons (Fsp3) is 0.500. The summed E-state index contributed by atoms with van der Waals surface area (Å²) in [5.74, 6) is 1.21. The Kier molecular flexibility index (Phi) is 5.23. The second-order valence-corrected chi connectivity index (χ2v) is 7.59. The minimum Gasteiger partial charge on any atom is -0.342 e. The van der Waals surface area contributed by atoms with Crippen LogP contribution >= 0.6 is 11.8 Å². The van der Waals surface area contributed by atoms with E-state index >= 15 is 0 Å². The first-order valence-corrected chi connectivity index (χ1v) is 9.41. The van der Waals surface area contributed by atoms with Crippen molar-refractivity contribution in [3.8, 4) is 5.69 Å². The number of aromatic nitrogens is 3. The molecule has 0 bridgehead atoms. The molecule has 1 fully saturated rings. The largest absolute Gasteiger partial charge is 0.342 e. The maximum atomic E-state index is 12.4. The van der Waals surface area contributed by atoms with Gasteiger partial charge >= 0.3 is 0 Å². The molecule has 128 valence electrons. The lowest BCUT2D eigenvalue weighted by atomic mass is 10.0. The number of hydrogen-bond donors (Lipinski definition) is 0. The van der Waals surface area contributed by atoms with Gasteiger partial charge in [0.2, 0.25) is 5.91 Å². The van der Waals surface area contributed by atoms with Crippen LogP contribution in [0, 0.1) is 19.8 Å². The van der Waals surface area contributed by atoms with Crippen molar-refractivity contribution in [3.63, 3.8) is 0 Å². The molecule has 1 aromatic carbocycles. The zero-order valence-corrected chi connectivity index (χ0v) is 15.3. The van der Waals surface area contributed by atoms with Crippen LogP contribution in [0.2, 0.25) is 0 Å². The van der Waals surface area contributed by atoms with E-state index in [4.69, 9.17) is 0 Å². The molecule has 1 unspecified atom stereocenters. The Morgan fingerprint density at radius 2 is 2.21 bits per heavy atom. The number of likely N-dealkylation sites (tertiary alicyclic amines) is 1. The number of hydrogen-bond acceptors (Lipinski definition) is 4. The highest BCUT2D eigenvalue weighted by Crippen LogP contribution is 2.24. The van der Waals surface area contributed by atoms with Crippen LogP contribution in [0.4, 0.5) is 0 Å². The van der Waals surface area contributed by atoms with Crippen LogP contribution in [0.3, 0.4) is 0 Å². The molecule has 3 rings (SSSR count). The van der Waals surface area contributed by atoms with Gasteiger partial charge in [-0.3, -0.25) is 9.36 Å². The van der Waals surface area contributed by atoms with Gasteiger partial charge in [-0.25, -0.2) is 0 Å². The van der Waals surface area contributed by atoms with Gasteiger partial charge in [0.1, 0.15) is 6.33 Å². The Labute approximate surface area is 147 Å². The van der Waals surface area contributed by atoms with E-state index in [1.807, 2.05) is 9.47 Å². The smallest absolute Gasteiger partial charge is 0.233 e. The van der Waals surface area contributed by atoms with E-state index in [2.05, 4.69) is 49.2 Å². The minimum absolute atomic E-state index is 0.196. The second-order valence-electron chi connectivity index (χ2n) is 6.65. The van der Waals surface area contributed by atoms with Gasteiger partial charge in [0, 0.05) is 13.1 Å². The molecule has 0 radical (unpaired) electrons. The Bertz CT molecular complexity index is 728. The molecule has 1 aliphatic rings. The van der Waals surface area contributed by atoms with Crippen LogP contribution < -0.4 is 0 Å². The van der Waals surface area contributed by atoms with Crippen molar-refractivity contribution in [3.05, 3.63) is 35.7 Å². The normalized spacial score (nSPS) is 18.0. The quantitative estimate of drug-likeness (QED) is 0.799. The summed E-state index contributed by atoms with van der Waals surface area (Å²) in [6, 6.07) is 6.30. The Morgan fingerprint density at radius 3 is 2.96 bits per heavy atom. The lowest BCUT2D eigenvalue weighted by molar-refractivity contribution is -0.130. The third-order valence-electron chi connectivity index (χ3n) is 4.46. The van der Waals surface area contributed by atoms with Crippen molar-refractivity contribution in [2.45, 2.75) is 38.8 Å². The van der Waals surface area contributed by atoms with Crippen molar-refractivity contribution in [1.82, 2.24) is 19.7 Å². The average molecular weight is 344 g/mol. The van der Waals surface area contributed by atoms with Crippen LogP contribution in [-0.4, -0.2) is 44.4 Å². The molecule has 0 spiro atoms. The molecule has 24 heavy (non-hydrogen) atoms. The summed E-state index contributed by atoms with van der Waals surface area (Å²) in [5.41, 5.74) is 3.47. The van der Waals surface area contributed by atoms with Gasteiger partial charge in [0.15, 0.2) is 5.16 Å². The number of carbonyl (C=O) groups excluding carboxylic acids is 1. The molecule has 1 aromatic heterocycles. The highest BCUT2D eigenvalue weighted by molar-refractivity contribution is 7.99. The van der Waals surface area contributed by atoms with Gasteiger partial charge in [0.25, 0.3) is 0 Å². The minimum atomic E-state index is 0.196. The van der Waals surface area contributed by atoms with Gasteiger partial charge in [-0.05, 0) is 44.2 Å². The van der Waals surface area contributed by atoms with E-state index in [0.29, 0.717) is 11.7 Å². The number of piperidine rings is 1. The van der Waals surface area contributed by atoms with Crippen LogP contribution in [0.15, 0.2) is 29.7 Å². The van der Waals surface area contributed by atoms with Crippen molar-refractivity contribution >= 4 is 17.7 Å². The highest BCUT2D eigenvalue weighted by Gasteiger charge is 2.21. The molecule has 1 atom stereocenters. The maximum Gasteiger partial charge on any atom is 0.233 e. The average Bonchev–Trinajstić information content (AvgIpc) is 3.01. The van der Waals surface area contributed by atoms with E-state index in [1.54, 1.807) is 6.33 Å². The number of amides is 1. The molecule has 6 heteroatoms. The molecule has 2 heterocycles. The van der Waals surface area contributed by atoms with Gasteiger partial charge in [0.05, 0.1) is 11.4 Å². The summed E-state index contributed by atoms with van der Waals surface area (Å²) >= 11 is 1.46. The predicted octanol–water partition coefficient (Wildman–Crippen LogP) is 3.23. The Hall–Kier alpha value is -1.82. The molecule has 5 nitrogen and oxygen atoms in total. The summed E-state index contributed by atoms with van der Waals surface area (Å²) in [6.45, 7) is 8.13. The number of carbonyl (C=O) groups is 1. The summed E-state index contributed by atoms with van der Waals surface area (Å²) in [4.78, 5) is 14.4. The Morgan fingerprint density at radius 1 is 1.38 bits per heavy atom. The molecule has 0 saturated carbocycles. The Balaban J connectivity index is 1.68. The molecular weight excluding hydrogens is 320 g/mol. The summed E-state index contributed by atoms with van der Waals surface area (Å²) in [6.07, 6.45) is 4.04. The van der Waals surface area contributed by atoms with Crippen LogP contribution in [-0.2, 0) is 4.79 Å². The first-order valence-electron chi connectivity index (χ1n) is 8.43. The van der Waals surface area contributed by atoms with Crippen LogP contribution in [0.1, 0.15) is 30.9 Å². The first-order chi connectivity index (χ1) is 11.5. The SMILES string of the molecule is Cc1ccc(-n2cnnc2SCC(=O)N2CCCC(C)C2)c(C)c1. The molecule has 1 saturated heterocycles. The molecular formula is C18H24N4OS. The van der Waals surface area contributed by atoms with Gasteiger partial charge in [-0.2, -0.15) is 0 Å².